The molecule has 4 atom stereocenters. The van der Waals surface area contributed by atoms with Crippen molar-refractivity contribution in [3.05, 3.63) is 0 Å². The first kappa shape index (κ1) is 11.1. The summed E-state index contributed by atoms with van der Waals surface area (Å²) in [6, 6.07) is 0.766. The van der Waals surface area contributed by atoms with E-state index in [2.05, 4.69) is 32.6 Å². The second-order valence-electron chi connectivity index (χ2n) is 5.96. The Bertz CT molecular complexity index is 284. The summed E-state index contributed by atoms with van der Waals surface area (Å²) in [5.74, 6) is 1.76. The summed E-state index contributed by atoms with van der Waals surface area (Å²) < 4.78 is 0. The van der Waals surface area contributed by atoms with E-state index in [1.807, 2.05) is 0 Å². The van der Waals surface area contributed by atoms with E-state index in [0.29, 0.717) is 23.2 Å². The SMILES string of the molecule is CCC(C)N1C[C@H]2[C@@H]([C@H]1C(C)=O)C2(C)C. The van der Waals surface area contributed by atoms with Gasteiger partial charge in [0.25, 0.3) is 0 Å². The molecule has 0 radical (unpaired) electrons. The summed E-state index contributed by atoms with van der Waals surface area (Å²) in [5.41, 5.74) is 0.417. The monoisotopic (exact) mass is 209 g/mol. The van der Waals surface area contributed by atoms with Gasteiger partial charge in [-0.05, 0) is 37.5 Å². The van der Waals surface area contributed by atoms with Crippen LogP contribution in [0, 0.1) is 17.3 Å². The predicted octanol–water partition coefficient (Wildman–Crippen LogP) is 2.33. The number of rotatable bonds is 3. The lowest BCUT2D eigenvalue weighted by Gasteiger charge is -2.33. The second-order valence-corrected chi connectivity index (χ2v) is 5.96. The lowest BCUT2D eigenvalue weighted by Crippen LogP contribution is -2.45. The zero-order valence-electron chi connectivity index (χ0n) is 10.6. The molecule has 1 saturated carbocycles. The molecule has 0 spiro atoms. The van der Waals surface area contributed by atoms with Crippen molar-refractivity contribution < 1.29 is 4.79 Å². The Morgan fingerprint density at radius 1 is 1.53 bits per heavy atom. The summed E-state index contributed by atoms with van der Waals surface area (Å²) >= 11 is 0. The minimum absolute atomic E-state index is 0.208. The highest BCUT2D eigenvalue weighted by molar-refractivity contribution is 5.83. The van der Waals surface area contributed by atoms with Gasteiger partial charge in [-0.15, -0.1) is 0 Å². The van der Waals surface area contributed by atoms with Crippen LogP contribution in [0.3, 0.4) is 0 Å². The van der Waals surface area contributed by atoms with Crippen molar-refractivity contribution in [3.63, 3.8) is 0 Å². The molecule has 0 aromatic carbocycles. The van der Waals surface area contributed by atoms with Crippen molar-refractivity contribution in [3.8, 4) is 0 Å². The van der Waals surface area contributed by atoms with E-state index in [0.717, 1.165) is 18.9 Å². The van der Waals surface area contributed by atoms with Crippen LogP contribution < -0.4 is 0 Å². The molecule has 2 rings (SSSR count). The van der Waals surface area contributed by atoms with Gasteiger partial charge < -0.3 is 0 Å². The predicted molar refractivity (Wildman–Crippen MR) is 61.7 cm³/mol. The molecule has 15 heavy (non-hydrogen) atoms. The Kier molecular flexibility index (Phi) is 2.45. The van der Waals surface area contributed by atoms with Gasteiger partial charge in [-0.25, -0.2) is 0 Å². The highest BCUT2D eigenvalue weighted by atomic mass is 16.1. The van der Waals surface area contributed by atoms with E-state index in [-0.39, 0.29) is 6.04 Å². The van der Waals surface area contributed by atoms with Gasteiger partial charge in [0.1, 0.15) is 5.78 Å². The molecule has 0 aromatic heterocycles. The Morgan fingerprint density at radius 3 is 2.60 bits per heavy atom. The number of carbonyl (C=O) groups excluding carboxylic acids is 1. The van der Waals surface area contributed by atoms with E-state index in [1.54, 1.807) is 6.92 Å². The van der Waals surface area contributed by atoms with E-state index >= 15 is 0 Å². The number of carbonyl (C=O) groups is 1. The molecule has 86 valence electrons. The maximum absolute atomic E-state index is 11.8. The molecule has 1 aliphatic heterocycles. The largest absolute Gasteiger partial charge is 0.298 e. The van der Waals surface area contributed by atoms with Crippen LogP contribution in [0.5, 0.6) is 0 Å². The molecule has 1 unspecified atom stereocenters. The molecule has 1 aliphatic carbocycles. The summed E-state index contributed by atoms with van der Waals surface area (Å²) in [6.45, 7) is 12.0. The number of nitrogens with zero attached hydrogens (tertiary/aromatic N) is 1. The van der Waals surface area contributed by atoms with Crippen molar-refractivity contribution in [2.24, 2.45) is 17.3 Å². The first-order valence-electron chi connectivity index (χ1n) is 6.17. The van der Waals surface area contributed by atoms with Gasteiger partial charge in [-0.1, -0.05) is 20.8 Å². The Hall–Kier alpha value is -0.370. The molecular formula is C13H23NO. The van der Waals surface area contributed by atoms with Crippen molar-refractivity contribution in [1.82, 2.24) is 4.90 Å². The van der Waals surface area contributed by atoms with Gasteiger partial charge in [0.05, 0.1) is 6.04 Å². The molecule has 1 heterocycles. The average Bonchev–Trinajstić information content (AvgIpc) is 2.60. The van der Waals surface area contributed by atoms with Crippen molar-refractivity contribution in [2.45, 2.75) is 53.1 Å². The molecule has 1 saturated heterocycles. The van der Waals surface area contributed by atoms with E-state index in [1.165, 1.54) is 0 Å². The summed E-state index contributed by atoms with van der Waals surface area (Å²) in [4.78, 5) is 14.2. The van der Waals surface area contributed by atoms with E-state index in [9.17, 15) is 4.79 Å². The van der Waals surface area contributed by atoms with Crippen molar-refractivity contribution in [2.75, 3.05) is 6.54 Å². The first-order chi connectivity index (χ1) is 6.91. The van der Waals surface area contributed by atoms with Crippen LogP contribution in [0.1, 0.15) is 41.0 Å². The lowest BCUT2D eigenvalue weighted by molar-refractivity contribution is -0.123. The van der Waals surface area contributed by atoms with Crippen LogP contribution in [-0.2, 0) is 4.79 Å². The fraction of sp³-hybridized carbons (Fsp3) is 0.923. The minimum Gasteiger partial charge on any atom is -0.298 e. The number of fused-ring (bicyclic) bond motifs is 1. The van der Waals surface area contributed by atoms with E-state index in [4.69, 9.17) is 0 Å². The highest BCUT2D eigenvalue weighted by Crippen LogP contribution is 2.65. The van der Waals surface area contributed by atoms with Crippen LogP contribution in [0.2, 0.25) is 0 Å². The standard InChI is InChI=1S/C13H23NO/c1-6-8(2)14-7-10-11(13(10,4)5)12(14)9(3)15/h8,10-12H,6-7H2,1-5H3/t8?,10-,11-,12+/m0/s1. The topological polar surface area (TPSA) is 20.3 Å². The maximum atomic E-state index is 11.8. The molecule has 0 aromatic rings. The van der Waals surface area contributed by atoms with Gasteiger partial charge >= 0.3 is 0 Å². The fourth-order valence-electron chi connectivity index (χ4n) is 3.48. The van der Waals surface area contributed by atoms with Gasteiger partial charge in [0.2, 0.25) is 0 Å². The third-order valence-electron chi connectivity index (χ3n) is 4.82. The Labute approximate surface area is 93.0 Å². The molecule has 0 bridgehead atoms. The number of hydrogen-bond donors (Lipinski definition) is 0. The second kappa shape index (κ2) is 3.31. The molecule has 0 N–H and O–H groups in total. The van der Waals surface area contributed by atoms with Gasteiger partial charge in [-0.3, -0.25) is 9.69 Å². The van der Waals surface area contributed by atoms with Crippen LogP contribution in [0.25, 0.3) is 0 Å². The molecule has 2 fully saturated rings. The van der Waals surface area contributed by atoms with Crippen molar-refractivity contribution >= 4 is 5.78 Å². The molecule has 2 heteroatoms. The normalized spacial score (nSPS) is 39.9. The van der Waals surface area contributed by atoms with Crippen LogP contribution in [-0.4, -0.2) is 29.3 Å². The smallest absolute Gasteiger partial charge is 0.147 e. The average molecular weight is 209 g/mol. The zero-order chi connectivity index (χ0) is 11.4. The molecule has 0 amide bonds. The van der Waals surface area contributed by atoms with Gasteiger partial charge in [0.15, 0.2) is 0 Å². The van der Waals surface area contributed by atoms with Crippen LogP contribution in [0.4, 0.5) is 0 Å². The third kappa shape index (κ3) is 1.45. The first-order valence-corrected chi connectivity index (χ1v) is 6.17. The quantitative estimate of drug-likeness (QED) is 0.711. The van der Waals surface area contributed by atoms with E-state index < -0.39 is 0 Å². The summed E-state index contributed by atoms with van der Waals surface area (Å²) in [6.07, 6.45) is 1.14. The Morgan fingerprint density at radius 2 is 2.13 bits per heavy atom. The number of likely N-dealkylation sites (tertiary alicyclic amines) is 1. The van der Waals surface area contributed by atoms with Crippen LogP contribution in [0.15, 0.2) is 0 Å². The lowest BCUT2D eigenvalue weighted by atomic mass is 9.97. The number of Topliss-reactive ketones (excluding diaryl/α,β-unsaturated/α-hetero) is 1. The zero-order valence-corrected chi connectivity index (χ0v) is 10.6. The maximum Gasteiger partial charge on any atom is 0.147 e. The van der Waals surface area contributed by atoms with Gasteiger partial charge in [-0.2, -0.15) is 0 Å². The molecule has 2 nitrogen and oxygen atoms in total. The Balaban J connectivity index is 2.16. The van der Waals surface area contributed by atoms with Gasteiger partial charge in [0, 0.05) is 12.6 Å². The summed E-state index contributed by atoms with van der Waals surface area (Å²) in [7, 11) is 0. The molecule has 2 aliphatic rings. The fourth-order valence-corrected chi connectivity index (χ4v) is 3.48. The minimum atomic E-state index is 0.208. The molecular weight excluding hydrogens is 186 g/mol. The number of piperidine rings is 1. The number of ketones is 1. The highest BCUT2D eigenvalue weighted by Gasteiger charge is 2.67. The van der Waals surface area contributed by atoms with Crippen molar-refractivity contribution in [1.29, 1.82) is 0 Å². The number of hydrogen-bond acceptors (Lipinski definition) is 2. The van der Waals surface area contributed by atoms with Crippen LogP contribution >= 0.6 is 0 Å². The summed E-state index contributed by atoms with van der Waals surface area (Å²) in [5, 5.41) is 0. The third-order valence-corrected chi connectivity index (χ3v) is 4.82.